The Hall–Kier alpha value is -5.17. The van der Waals surface area contributed by atoms with Gasteiger partial charge in [-0.05, 0) is 55.5 Å². The molecular formula is C33H38FN7O5. The predicted molar refractivity (Wildman–Crippen MR) is 175 cm³/mol. The number of rotatable bonds is 9. The van der Waals surface area contributed by atoms with Crippen LogP contribution in [0.25, 0.3) is 10.9 Å². The maximum Gasteiger partial charge on any atom is 0.327 e. The second-order valence-electron chi connectivity index (χ2n) is 11.1. The van der Waals surface area contributed by atoms with E-state index >= 15 is 0 Å². The van der Waals surface area contributed by atoms with E-state index in [0.29, 0.717) is 65.8 Å². The number of ether oxygens (including phenoxy) is 2. The summed E-state index contributed by atoms with van der Waals surface area (Å²) in [6.45, 7) is 4.07. The fraction of sp³-hybridized carbons (Fsp3) is 0.333. The Bertz CT molecular complexity index is 1770. The Balaban J connectivity index is 1.60. The monoisotopic (exact) mass is 631 g/mol. The number of carbonyl (C=O) groups excluding carboxylic acids is 2. The predicted octanol–water partition coefficient (Wildman–Crippen LogP) is 3.69. The van der Waals surface area contributed by atoms with Crippen LogP contribution >= 0.6 is 0 Å². The van der Waals surface area contributed by atoms with Crippen molar-refractivity contribution >= 4 is 34.2 Å². The number of urea groups is 1. The van der Waals surface area contributed by atoms with Crippen molar-refractivity contribution in [2.75, 3.05) is 76.3 Å². The molecule has 0 aliphatic carbocycles. The van der Waals surface area contributed by atoms with Crippen molar-refractivity contribution in [1.29, 1.82) is 0 Å². The van der Waals surface area contributed by atoms with Gasteiger partial charge in [0, 0.05) is 52.0 Å². The minimum atomic E-state index is -0.812. The molecule has 0 radical (unpaired) electrons. The quantitative estimate of drug-likeness (QED) is 0.298. The number of likely N-dealkylation sites (N-methyl/N-ethyl adjacent to an activating group) is 1. The first-order valence-electron chi connectivity index (χ1n) is 14.9. The van der Waals surface area contributed by atoms with Crippen molar-refractivity contribution in [2.45, 2.75) is 13.0 Å². The molecule has 2 heterocycles. The fourth-order valence-electron chi connectivity index (χ4n) is 5.42. The van der Waals surface area contributed by atoms with Crippen molar-refractivity contribution in [2.24, 2.45) is 0 Å². The molecule has 242 valence electrons. The Kier molecular flexibility index (Phi) is 9.71. The Morgan fingerprint density at radius 1 is 0.978 bits per heavy atom. The Morgan fingerprint density at radius 2 is 1.67 bits per heavy atom. The van der Waals surface area contributed by atoms with Crippen molar-refractivity contribution < 1.29 is 23.5 Å². The maximum atomic E-state index is 14.2. The van der Waals surface area contributed by atoms with Gasteiger partial charge in [-0.3, -0.25) is 19.4 Å². The summed E-state index contributed by atoms with van der Waals surface area (Å²) >= 11 is 0. The van der Waals surface area contributed by atoms with Gasteiger partial charge in [0.15, 0.2) is 5.82 Å². The lowest BCUT2D eigenvalue weighted by molar-refractivity contribution is -0.130. The van der Waals surface area contributed by atoms with Gasteiger partial charge in [-0.2, -0.15) is 0 Å². The average Bonchev–Trinajstić information content (AvgIpc) is 3.06. The number of piperazine rings is 1. The Labute approximate surface area is 266 Å². The molecule has 1 unspecified atom stereocenters. The zero-order chi connectivity index (χ0) is 33.0. The lowest BCUT2D eigenvalue weighted by Gasteiger charge is -2.39. The number of hydrogen-bond acceptors (Lipinski definition) is 8. The third-order valence-corrected chi connectivity index (χ3v) is 7.99. The highest BCUT2D eigenvalue weighted by Crippen LogP contribution is 2.37. The number of methoxy groups -OCH3 is 2. The number of carbonyl (C=O) groups is 2. The molecule has 3 amide bonds. The van der Waals surface area contributed by atoms with Crippen molar-refractivity contribution in [3.8, 4) is 11.5 Å². The van der Waals surface area contributed by atoms with E-state index in [4.69, 9.17) is 14.5 Å². The molecule has 3 aromatic carbocycles. The number of fused-ring (bicyclic) bond motifs is 1. The number of hydrogen-bond donors (Lipinski definition) is 1. The van der Waals surface area contributed by atoms with Gasteiger partial charge in [0.2, 0.25) is 5.91 Å². The van der Waals surface area contributed by atoms with Gasteiger partial charge in [-0.15, -0.1) is 0 Å². The standard InChI is InChI=1S/C33H38FN7O5/c1-22(40(28-15-14-25(45-4)20-29(28)46-5)33(44)35-24-12-10-23(34)11-13-24)31-36-27-9-7-6-8-26(27)32(43)41(31)39-18-16-38(17-19-39)21-30(42)37(2)3/h6-15,20,22H,16-19,21H2,1-5H3,(H,35,44). The van der Waals surface area contributed by atoms with E-state index in [2.05, 4.69) is 5.32 Å². The average molecular weight is 632 g/mol. The highest BCUT2D eigenvalue weighted by atomic mass is 19.1. The summed E-state index contributed by atoms with van der Waals surface area (Å²) in [7, 11) is 6.47. The molecule has 1 aliphatic heterocycles. The summed E-state index contributed by atoms with van der Waals surface area (Å²) in [5, 5.41) is 5.19. The van der Waals surface area contributed by atoms with E-state index in [0.717, 1.165) is 0 Å². The van der Waals surface area contributed by atoms with Gasteiger partial charge in [-0.25, -0.2) is 18.8 Å². The second-order valence-corrected chi connectivity index (χ2v) is 11.1. The largest absolute Gasteiger partial charge is 0.497 e. The molecule has 0 bridgehead atoms. The third kappa shape index (κ3) is 6.74. The summed E-state index contributed by atoms with van der Waals surface area (Å²) in [4.78, 5) is 50.7. The summed E-state index contributed by atoms with van der Waals surface area (Å²) in [5.41, 5.74) is 0.993. The zero-order valence-corrected chi connectivity index (χ0v) is 26.6. The van der Waals surface area contributed by atoms with Crippen LogP contribution < -0.4 is 30.3 Å². The summed E-state index contributed by atoms with van der Waals surface area (Å²) < 4.78 is 26.3. The zero-order valence-electron chi connectivity index (χ0n) is 26.6. The van der Waals surface area contributed by atoms with E-state index in [1.807, 2.05) is 9.91 Å². The van der Waals surface area contributed by atoms with Gasteiger partial charge in [-0.1, -0.05) is 12.1 Å². The van der Waals surface area contributed by atoms with Crippen LogP contribution in [0.3, 0.4) is 0 Å². The number of aromatic nitrogens is 2. The summed E-state index contributed by atoms with van der Waals surface area (Å²) in [6, 6.07) is 16.2. The fourth-order valence-corrected chi connectivity index (χ4v) is 5.42. The van der Waals surface area contributed by atoms with E-state index in [1.165, 1.54) is 43.4 Å². The molecule has 1 atom stereocenters. The van der Waals surface area contributed by atoms with E-state index in [1.54, 1.807) is 73.1 Å². The minimum Gasteiger partial charge on any atom is -0.497 e. The molecule has 0 saturated carbocycles. The van der Waals surface area contributed by atoms with Crippen molar-refractivity contribution in [3.05, 3.63) is 88.7 Å². The lowest BCUT2D eigenvalue weighted by Crippen LogP contribution is -2.57. The normalized spacial score (nSPS) is 14.1. The number of halogens is 1. The molecule has 46 heavy (non-hydrogen) atoms. The number of amides is 3. The van der Waals surface area contributed by atoms with Gasteiger partial charge in [0.1, 0.15) is 17.3 Å². The molecule has 1 fully saturated rings. The molecule has 12 nitrogen and oxygen atoms in total. The SMILES string of the molecule is COc1ccc(N(C(=O)Nc2ccc(F)cc2)C(C)c2nc3ccccc3c(=O)n2N2CCN(CC(=O)N(C)C)CC2)c(OC)c1. The molecule has 1 aromatic heterocycles. The third-order valence-electron chi connectivity index (χ3n) is 7.99. The summed E-state index contributed by atoms with van der Waals surface area (Å²) in [6.07, 6.45) is 0. The first kappa shape index (κ1) is 32.2. The van der Waals surface area contributed by atoms with Gasteiger partial charge in [0.05, 0.1) is 43.4 Å². The lowest BCUT2D eigenvalue weighted by atomic mass is 10.1. The van der Waals surface area contributed by atoms with Crippen LogP contribution in [0.15, 0.2) is 71.5 Å². The Morgan fingerprint density at radius 3 is 2.33 bits per heavy atom. The van der Waals surface area contributed by atoms with Crippen LogP contribution in [0.2, 0.25) is 0 Å². The van der Waals surface area contributed by atoms with E-state index in [9.17, 15) is 18.8 Å². The van der Waals surface area contributed by atoms with Crippen molar-refractivity contribution in [3.63, 3.8) is 0 Å². The topological polar surface area (TPSA) is 112 Å². The summed E-state index contributed by atoms with van der Waals surface area (Å²) in [5.74, 6) is 0.778. The van der Waals surface area contributed by atoms with E-state index in [-0.39, 0.29) is 18.0 Å². The first-order valence-corrected chi connectivity index (χ1v) is 14.9. The number of nitrogens with one attached hydrogen (secondary N) is 1. The molecule has 4 aromatic rings. The van der Waals surface area contributed by atoms with Gasteiger partial charge in [0.25, 0.3) is 5.56 Å². The number of benzene rings is 3. The van der Waals surface area contributed by atoms with E-state index < -0.39 is 17.9 Å². The van der Waals surface area contributed by atoms with Crippen LogP contribution in [-0.4, -0.2) is 92.4 Å². The molecule has 1 saturated heterocycles. The number of para-hydroxylation sites is 1. The minimum absolute atomic E-state index is 0.00328. The van der Waals surface area contributed by atoms with Crippen LogP contribution in [0.1, 0.15) is 18.8 Å². The highest BCUT2D eigenvalue weighted by Gasteiger charge is 2.32. The molecular weight excluding hydrogens is 593 g/mol. The molecule has 13 heteroatoms. The highest BCUT2D eigenvalue weighted by molar-refractivity contribution is 6.03. The van der Waals surface area contributed by atoms with Crippen LogP contribution in [0.5, 0.6) is 11.5 Å². The maximum absolute atomic E-state index is 14.2. The van der Waals surface area contributed by atoms with Crippen LogP contribution in [0.4, 0.5) is 20.6 Å². The molecule has 1 N–H and O–H groups in total. The smallest absolute Gasteiger partial charge is 0.327 e. The molecule has 1 aliphatic rings. The molecule has 0 spiro atoms. The number of anilines is 2. The van der Waals surface area contributed by atoms with Gasteiger partial charge < -0.3 is 24.7 Å². The second kappa shape index (κ2) is 13.9. The number of nitrogens with zero attached hydrogens (tertiary/aromatic N) is 6. The van der Waals surface area contributed by atoms with Crippen LogP contribution in [0, 0.1) is 5.82 Å². The first-order chi connectivity index (χ1) is 22.1. The van der Waals surface area contributed by atoms with Gasteiger partial charge >= 0.3 is 6.03 Å². The molecule has 5 rings (SSSR count). The van der Waals surface area contributed by atoms with Crippen molar-refractivity contribution in [1.82, 2.24) is 19.5 Å². The van der Waals surface area contributed by atoms with Crippen LogP contribution in [-0.2, 0) is 4.79 Å².